The van der Waals surface area contributed by atoms with Crippen LogP contribution in [0.3, 0.4) is 0 Å². The smallest absolute Gasteiger partial charge is 0.387 e. The van der Waals surface area contributed by atoms with Crippen LogP contribution in [-0.4, -0.2) is 16.0 Å². The summed E-state index contributed by atoms with van der Waals surface area (Å²) in [4.78, 5) is 32.4. The molecule has 0 fully saturated rings. The third-order valence-electron chi connectivity index (χ3n) is 3.01. The Morgan fingerprint density at radius 3 is 1.54 bits per heavy atom. The summed E-state index contributed by atoms with van der Waals surface area (Å²) in [5.74, 6) is -0.629. The first-order valence-electron chi connectivity index (χ1n) is 6.67. The van der Waals surface area contributed by atoms with E-state index in [0.717, 1.165) is 0 Å². The number of rotatable bonds is 4. The summed E-state index contributed by atoms with van der Waals surface area (Å²) in [5.41, 5.74) is 0.392. The van der Waals surface area contributed by atoms with E-state index in [9.17, 15) is 25.0 Å². The first-order valence-corrected chi connectivity index (χ1v) is 6.67. The van der Waals surface area contributed by atoms with Gasteiger partial charge in [-0.15, -0.1) is 0 Å². The number of benzene rings is 2. The van der Waals surface area contributed by atoms with Gasteiger partial charge in [-0.3, -0.25) is 20.2 Å². The number of aryl methyl sites for hydroxylation is 2. The lowest BCUT2D eigenvalue weighted by atomic mass is 10.2. The van der Waals surface area contributed by atoms with Gasteiger partial charge in [0, 0.05) is 12.1 Å². The molecule has 0 aliphatic rings. The van der Waals surface area contributed by atoms with Crippen LogP contribution in [0.4, 0.5) is 16.2 Å². The SMILES string of the molecule is Cc1ccc(OC(=O)Oc2ccc(C)cc2[N+](=O)[O-])c([N+](=O)[O-])c1. The average molecular weight is 332 g/mol. The number of nitro benzene ring substituents is 2. The second-order valence-corrected chi connectivity index (χ2v) is 4.91. The second kappa shape index (κ2) is 6.73. The number of ether oxygens (including phenoxy) is 2. The normalized spacial score (nSPS) is 10.1. The minimum Gasteiger partial charge on any atom is -0.387 e. The van der Waals surface area contributed by atoms with Crippen molar-refractivity contribution in [2.24, 2.45) is 0 Å². The molecule has 0 bridgehead atoms. The molecule has 9 nitrogen and oxygen atoms in total. The average Bonchev–Trinajstić information content (AvgIpc) is 2.50. The topological polar surface area (TPSA) is 122 Å². The summed E-state index contributed by atoms with van der Waals surface area (Å²) >= 11 is 0. The Labute approximate surface area is 135 Å². The van der Waals surface area contributed by atoms with Crippen LogP contribution in [-0.2, 0) is 0 Å². The van der Waals surface area contributed by atoms with E-state index in [4.69, 9.17) is 9.47 Å². The molecule has 0 atom stereocenters. The van der Waals surface area contributed by atoms with Gasteiger partial charge in [-0.05, 0) is 37.1 Å². The van der Waals surface area contributed by atoms with Crippen LogP contribution in [0.5, 0.6) is 11.5 Å². The molecule has 2 aromatic rings. The fraction of sp³-hybridized carbons (Fsp3) is 0.133. The van der Waals surface area contributed by atoms with E-state index in [0.29, 0.717) is 11.1 Å². The highest BCUT2D eigenvalue weighted by atomic mass is 16.7. The van der Waals surface area contributed by atoms with Crippen molar-refractivity contribution in [1.29, 1.82) is 0 Å². The highest BCUT2D eigenvalue weighted by Crippen LogP contribution is 2.30. The first-order chi connectivity index (χ1) is 11.3. The number of carbonyl (C=O) groups is 1. The molecule has 0 amide bonds. The van der Waals surface area contributed by atoms with Crippen LogP contribution < -0.4 is 9.47 Å². The Morgan fingerprint density at radius 2 is 1.21 bits per heavy atom. The Bertz CT molecular complexity index is 765. The molecular weight excluding hydrogens is 320 g/mol. The maximum atomic E-state index is 11.8. The van der Waals surface area contributed by atoms with Gasteiger partial charge < -0.3 is 9.47 Å². The van der Waals surface area contributed by atoms with Gasteiger partial charge in [-0.1, -0.05) is 12.1 Å². The molecule has 0 aromatic heterocycles. The summed E-state index contributed by atoms with van der Waals surface area (Å²) in [6, 6.07) is 8.00. The molecule has 24 heavy (non-hydrogen) atoms. The predicted octanol–water partition coefficient (Wildman–Crippen LogP) is 3.70. The Kier molecular flexibility index (Phi) is 4.73. The molecule has 0 saturated heterocycles. The van der Waals surface area contributed by atoms with Crippen molar-refractivity contribution in [2.75, 3.05) is 0 Å². The van der Waals surface area contributed by atoms with Gasteiger partial charge in [0.25, 0.3) is 0 Å². The molecule has 0 N–H and O–H groups in total. The lowest BCUT2D eigenvalue weighted by molar-refractivity contribution is -0.386. The van der Waals surface area contributed by atoms with Crippen molar-refractivity contribution < 1.29 is 24.1 Å². The summed E-state index contributed by atoms with van der Waals surface area (Å²) in [7, 11) is 0. The van der Waals surface area contributed by atoms with Crippen molar-refractivity contribution in [1.82, 2.24) is 0 Å². The zero-order valence-corrected chi connectivity index (χ0v) is 12.7. The number of hydrogen-bond acceptors (Lipinski definition) is 7. The molecule has 0 spiro atoms. The fourth-order valence-corrected chi connectivity index (χ4v) is 1.91. The summed E-state index contributed by atoms with van der Waals surface area (Å²) < 4.78 is 9.61. The molecule has 0 heterocycles. The van der Waals surface area contributed by atoms with E-state index in [1.54, 1.807) is 13.8 Å². The van der Waals surface area contributed by atoms with Crippen molar-refractivity contribution in [3.63, 3.8) is 0 Å². The van der Waals surface area contributed by atoms with E-state index in [2.05, 4.69) is 0 Å². The lowest BCUT2D eigenvalue weighted by Gasteiger charge is -2.07. The van der Waals surface area contributed by atoms with Crippen molar-refractivity contribution >= 4 is 17.5 Å². The van der Waals surface area contributed by atoms with E-state index in [1.807, 2.05) is 0 Å². The van der Waals surface area contributed by atoms with Crippen LogP contribution >= 0.6 is 0 Å². The fourth-order valence-electron chi connectivity index (χ4n) is 1.91. The van der Waals surface area contributed by atoms with E-state index >= 15 is 0 Å². The third kappa shape index (κ3) is 3.83. The Hall–Kier alpha value is -3.49. The number of carbonyl (C=O) groups excluding carboxylic acids is 1. The van der Waals surface area contributed by atoms with E-state index < -0.39 is 27.4 Å². The number of nitro groups is 2. The Morgan fingerprint density at radius 1 is 0.833 bits per heavy atom. The number of nitrogens with zero attached hydrogens (tertiary/aromatic N) is 2. The van der Waals surface area contributed by atoms with Gasteiger partial charge >= 0.3 is 17.5 Å². The van der Waals surface area contributed by atoms with Crippen molar-refractivity contribution in [2.45, 2.75) is 13.8 Å². The summed E-state index contributed by atoms with van der Waals surface area (Å²) in [6.45, 7) is 3.29. The molecule has 9 heteroatoms. The minimum absolute atomic E-state index is 0.314. The van der Waals surface area contributed by atoms with Gasteiger partial charge in [0.1, 0.15) is 0 Å². The monoisotopic (exact) mass is 332 g/mol. The van der Waals surface area contributed by atoms with Crippen LogP contribution in [0.15, 0.2) is 36.4 Å². The summed E-state index contributed by atoms with van der Waals surface area (Å²) in [6.07, 6.45) is -1.31. The highest BCUT2D eigenvalue weighted by Gasteiger charge is 2.22. The Balaban J connectivity index is 2.24. The summed E-state index contributed by atoms with van der Waals surface area (Å²) in [5, 5.41) is 22.0. The molecule has 0 saturated carbocycles. The largest absolute Gasteiger partial charge is 0.519 e. The minimum atomic E-state index is -1.31. The van der Waals surface area contributed by atoms with E-state index in [1.165, 1.54) is 36.4 Å². The maximum Gasteiger partial charge on any atom is 0.519 e. The predicted molar refractivity (Wildman–Crippen MR) is 82.3 cm³/mol. The van der Waals surface area contributed by atoms with Gasteiger partial charge in [0.15, 0.2) is 0 Å². The van der Waals surface area contributed by atoms with Gasteiger partial charge in [0.05, 0.1) is 9.85 Å². The first kappa shape index (κ1) is 16.9. The second-order valence-electron chi connectivity index (χ2n) is 4.91. The standard InChI is InChI=1S/C15H12N2O7/c1-9-3-5-13(11(7-9)16(19)20)23-15(18)24-14-6-4-10(2)8-12(14)17(21)22/h3-8H,1-2H3. The molecule has 0 aliphatic heterocycles. The molecule has 124 valence electrons. The van der Waals surface area contributed by atoms with Crippen LogP contribution in [0, 0.1) is 34.1 Å². The highest BCUT2D eigenvalue weighted by molar-refractivity contribution is 5.71. The van der Waals surface area contributed by atoms with Crippen LogP contribution in [0.2, 0.25) is 0 Å². The van der Waals surface area contributed by atoms with E-state index in [-0.39, 0.29) is 11.5 Å². The van der Waals surface area contributed by atoms with Gasteiger partial charge in [-0.25, -0.2) is 4.79 Å². The number of hydrogen-bond donors (Lipinski definition) is 0. The van der Waals surface area contributed by atoms with Gasteiger partial charge in [-0.2, -0.15) is 0 Å². The zero-order chi connectivity index (χ0) is 17.9. The molecule has 0 aliphatic carbocycles. The maximum absolute atomic E-state index is 11.8. The van der Waals surface area contributed by atoms with Crippen LogP contribution in [0.25, 0.3) is 0 Å². The quantitative estimate of drug-likeness (QED) is 0.362. The van der Waals surface area contributed by atoms with Crippen LogP contribution in [0.1, 0.15) is 11.1 Å². The third-order valence-corrected chi connectivity index (χ3v) is 3.01. The van der Waals surface area contributed by atoms with Crippen molar-refractivity contribution in [3.05, 3.63) is 67.8 Å². The van der Waals surface area contributed by atoms with Gasteiger partial charge in [0.2, 0.25) is 11.5 Å². The molecule has 0 radical (unpaired) electrons. The molecule has 2 rings (SSSR count). The molecule has 0 unspecified atom stereocenters. The molecule has 2 aromatic carbocycles. The zero-order valence-electron chi connectivity index (χ0n) is 12.7. The van der Waals surface area contributed by atoms with Crippen molar-refractivity contribution in [3.8, 4) is 11.5 Å². The lowest BCUT2D eigenvalue weighted by Crippen LogP contribution is -2.15. The molecular formula is C15H12N2O7.